The highest BCUT2D eigenvalue weighted by Crippen LogP contribution is 2.31. The Morgan fingerprint density at radius 3 is 2.47 bits per heavy atom. The minimum absolute atomic E-state index is 0.846. The second-order valence-corrected chi connectivity index (χ2v) is 5.21. The first-order chi connectivity index (χ1) is 9.19. The first-order valence-corrected chi connectivity index (χ1v) is 8.10. The van der Waals surface area contributed by atoms with Crippen LogP contribution in [0.25, 0.3) is 0 Å². The second-order valence-electron chi connectivity index (χ2n) is 4.89. The van der Waals surface area contributed by atoms with Crippen LogP contribution in [0.5, 0.6) is 0 Å². The van der Waals surface area contributed by atoms with Crippen LogP contribution in [0.1, 0.15) is 53.4 Å². The van der Waals surface area contributed by atoms with Crippen molar-refractivity contribution in [2.75, 3.05) is 5.75 Å². The van der Waals surface area contributed by atoms with Gasteiger partial charge in [-0.1, -0.05) is 57.2 Å². The van der Waals surface area contributed by atoms with Crippen LogP contribution < -0.4 is 0 Å². The Morgan fingerprint density at radius 2 is 1.89 bits per heavy atom. The van der Waals surface area contributed by atoms with Crippen LogP contribution in [0.2, 0.25) is 0 Å². The fourth-order valence-electron chi connectivity index (χ4n) is 2.31. The maximum Gasteiger partial charge on any atom is 0.0118 e. The molecule has 0 fully saturated rings. The molecule has 0 aromatic carbocycles. The summed E-state index contributed by atoms with van der Waals surface area (Å²) in [6.45, 7) is 12.3. The van der Waals surface area contributed by atoms with Gasteiger partial charge < -0.3 is 0 Å². The largest absolute Gasteiger partial charge is 0.175 e. The van der Waals surface area contributed by atoms with Gasteiger partial charge in [-0.15, -0.1) is 0 Å². The van der Waals surface area contributed by atoms with Crippen molar-refractivity contribution in [1.82, 2.24) is 0 Å². The Balaban J connectivity index is 0.00000154. The molecule has 1 aliphatic carbocycles. The van der Waals surface area contributed by atoms with Crippen molar-refractivity contribution in [3.8, 4) is 0 Å². The van der Waals surface area contributed by atoms with E-state index in [0.29, 0.717) is 0 Å². The van der Waals surface area contributed by atoms with Crippen molar-refractivity contribution < 1.29 is 0 Å². The first kappa shape index (κ1) is 18.3. The molecule has 1 heteroatoms. The summed E-state index contributed by atoms with van der Waals surface area (Å²) in [5.74, 6) is 1.75. The lowest BCUT2D eigenvalue weighted by Gasteiger charge is -2.11. The summed E-state index contributed by atoms with van der Waals surface area (Å²) in [6, 6.07) is 0. The molecule has 1 aliphatic rings. The maximum atomic E-state index is 4.48. The lowest BCUT2D eigenvalue weighted by molar-refractivity contribution is 0.508. The van der Waals surface area contributed by atoms with Gasteiger partial charge in [-0.3, -0.25) is 0 Å². The van der Waals surface area contributed by atoms with Crippen molar-refractivity contribution in [2.45, 2.75) is 53.4 Å². The van der Waals surface area contributed by atoms with Gasteiger partial charge in [0.2, 0.25) is 0 Å². The zero-order chi connectivity index (χ0) is 14.7. The summed E-state index contributed by atoms with van der Waals surface area (Å²) >= 11 is 4.48. The minimum Gasteiger partial charge on any atom is -0.175 e. The van der Waals surface area contributed by atoms with Crippen LogP contribution in [0, 0.1) is 5.92 Å². The Hall–Kier alpha value is -0.690. The zero-order valence-electron chi connectivity index (χ0n) is 13.1. The van der Waals surface area contributed by atoms with Gasteiger partial charge in [-0.05, 0) is 49.7 Å². The summed E-state index contributed by atoms with van der Waals surface area (Å²) in [7, 11) is 0. The summed E-state index contributed by atoms with van der Waals surface area (Å²) < 4.78 is 0. The van der Waals surface area contributed by atoms with Crippen LogP contribution >= 0.6 is 12.6 Å². The highest BCUT2D eigenvalue weighted by molar-refractivity contribution is 7.80. The number of thiol groups is 1. The first-order valence-electron chi connectivity index (χ1n) is 7.47. The molecule has 0 aromatic heterocycles. The van der Waals surface area contributed by atoms with Gasteiger partial charge in [0.05, 0.1) is 0 Å². The second kappa shape index (κ2) is 11.2. The minimum atomic E-state index is 0.846. The molecule has 1 rings (SSSR count). The molecular formula is C18H30S. The zero-order valence-corrected chi connectivity index (χ0v) is 14.0. The lowest BCUT2D eigenvalue weighted by Crippen LogP contribution is -1.94. The average molecular weight is 279 g/mol. The molecule has 0 spiro atoms. The summed E-state index contributed by atoms with van der Waals surface area (Å²) in [5, 5.41) is 0. The fourth-order valence-corrected chi connectivity index (χ4v) is 2.66. The molecule has 108 valence electrons. The molecule has 0 nitrogen and oxygen atoms in total. The Labute approximate surface area is 125 Å². The van der Waals surface area contributed by atoms with E-state index in [2.05, 4.69) is 45.2 Å². The Kier molecular flexibility index (Phi) is 10.8. The third-order valence-corrected chi connectivity index (χ3v) is 3.89. The van der Waals surface area contributed by atoms with Gasteiger partial charge in [-0.2, -0.15) is 12.6 Å². The normalized spacial score (nSPS) is 20.9. The van der Waals surface area contributed by atoms with E-state index in [4.69, 9.17) is 0 Å². The predicted octanol–water partition coefficient (Wildman–Crippen LogP) is 6.14. The van der Waals surface area contributed by atoms with E-state index in [1.807, 2.05) is 26.0 Å². The third kappa shape index (κ3) is 6.87. The van der Waals surface area contributed by atoms with E-state index in [1.165, 1.54) is 36.8 Å². The molecule has 0 aromatic rings. The van der Waals surface area contributed by atoms with E-state index >= 15 is 0 Å². The van der Waals surface area contributed by atoms with E-state index in [-0.39, 0.29) is 0 Å². The molecule has 0 aliphatic heterocycles. The van der Waals surface area contributed by atoms with Crippen LogP contribution in [0.15, 0.2) is 47.6 Å². The lowest BCUT2D eigenvalue weighted by atomic mass is 9.97. The van der Waals surface area contributed by atoms with Gasteiger partial charge in [0, 0.05) is 5.75 Å². The van der Waals surface area contributed by atoms with Gasteiger partial charge in [-0.25, -0.2) is 0 Å². The Morgan fingerprint density at radius 1 is 1.26 bits per heavy atom. The van der Waals surface area contributed by atoms with Gasteiger partial charge in [0.1, 0.15) is 0 Å². The summed E-state index contributed by atoms with van der Waals surface area (Å²) in [5.41, 5.74) is 4.47. The van der Waals surface area contributed by atoms with Crippen molar-refractivity contribution >= 4 is 12.6 Å². The molecule has 0 N–H and O–H groups in total. The Bertz CT molecular complexity index is 345. The summed E-state index contributed by atoms with van der Waals surface area (Å²) in [6.07, 6.45) is 13.1. The molecular weight excluding hydrogens is 248 g/mol. The number of hydrogen-bond acceptors (Lipinski definition) is 1. The monoisotopic (exact) mass is 278 g/mol. The summed E-state index contributed by atoms with van der Waals surface area (Å²) in [4.78, 5) is 0. The van der Waals surface area contributed by atoms with Crippen LogP contribution in [-0.2, 0) is 0 Å². The highest BCUT2D eigenvalue weighted by Gasteiger charge is 2.15. The topological polar surface area (TPSA) is 0 Å². The van der Waals surface area contributed by atoms with E-state index in [0.717, 1.165) is 11.7 Å². The fraction of sp³-hybridized carbons (Fsp3) is 0.556. The number of allylic oxidation sites excluding steroid dienone is 6. The predicted molar refractivity (Wildman–Crippen MR) is 93.0 cm³/mol. The molecule has 0 saturated heterocycles. The van der Waals surface area contributed by atoms with E-state index < -0.39 is 0 Å². The molecule has 0 saturated carbocycles. The van der Waals surface area contributed by atoms with Gasteiger partial charge >= 0.3 is 0 Å². The highest BCUT2D eigenvalue weighted by atomic mass is 32.1. The van der Waals surface area contributed by atoms with Crippen molar-refractivity contribution in [1.29, 1.82) is 0 Å². The molecule has 0 bridgehead atoms. The quantitative estimate of drug-likeness (QED) is 0.463. The molecule has 1 atom stereocenters. The molecule has 0 radical (unpaired) electrons. The van der Waals surface area contributed by atoms with Crippen molar-refractivity contribution in [3.63, 3.8) is 0 Å². The van der Waals surface area contributed by atoms with Gasteiger partial charge in [0.15, 0.2) is 0 Å². The van der Waals surface area contributed by atoms with Crippen molar-refractivity contribution in [2.24, 2.45) is 5.92 Å². The molecule has 0 heterocycles. The van der Waals surface area contributed by atoms with Crippen LogP contribution in [0.4, 0.5) is 0 Å². The van der Waals surface area contributed by atoms with E-state index in [9.17, 15) is 0 Å². The molecule has 1 unspecified atom stereocenters. The molecule has 19 heavy (non-hydrogen) atoms. The number of hydrogen-bond donors (Lipinski definition) is 1. The maximum absolute atomic E-state index is 4.48. The van der Waals surface area contributed by atoms with Crippen LogP contribution in [0.3, 0.4) is 0 Å². The van der Waals surface area contributed by atoms with Crippen molar-refractivity contribution in [3.05, 3.63) is 47.6 Å². The molecule has 0 amide bonds. The van der Waals surface area contributed by atoms with Crippen LogP contribution in [-0.4, -0.2) is 5.75 Å². The smallest absolute Gasteiger partial charge is 0.0118 e. The number of rotatable bonds is 4. The van der Waals surface area contributed by atoms with E-state index in [1.54, 1.807) is 5.57 Å². The standard InChI is InChI=1S/C16H24S.C2H6/c1-4-5-6-7-14(3)16-11-9-13(2)8-10-15(16)12-17;1-2/h4-7,13,17H,1,8-12H2,2-3H3;1-2H3/b6-5-,14-7+;. The third-order valence-electron chi connectivity index (χ3n) is 3.51. The van der Waals surface area contributed by atoms with Gasteiger partial charge in [0.25, 0.3) is 0 Å². The SMILES string of the molecule is C=C/C=C\C=C(/C)C1=C(CS)CCC(C)CC1.CC. The average Bonchev–Trinajstić information content (AvgIpc) is 2.63.